The van der Waals surface area contributed by atoms with Crippen molar-refractivity contribution in [1.29, 1.82) is 0 Å². The lowest BCUT2D eigenvalue weighted by Gasteiger charge is -2.05. The van der Waals surface area contributed by atoms with Gasteiger partial charge in [0.1, 0.15) is 11.6 Å². The molecule has 2 N–H and O–H groups in total. The lowest BCUT2D eigenvalue weighted by Crippen LogP contribution is -2.15. The number of nitrogens with zero attached hydrogens (tertiary/aromatic N) is 2. The highest BCUT2D eigenvalue weighted by Crippen LogP contribution is 2.28. The first-order valence-corrected chi connectivity index (χ1v) is 9.76. The number of thioether (sulfide) groups is 1. The molecule has 0 bridgehead atoms. The van der Waals surface area contributed by atoms with E-state index in [1.54, 1.807) is 0 Å². The number of nitrogens with one attached hydrogen (secondary N) is 2. The van der Waals surface area contributed by atoms with Crippen molar-refractivity contribution in [1.82, 2.24) is 10.2 Å². The van der Waals surface area contributed by atoms with Crippen molar-refractivity contribution in [3.8, 4) is 0 Å². The summed E-state index contributed by atoms with van der Waals surface area (Å²) >= 11 is 2.51. The van der Waals surface area contributed by atoms with Crippen molar-refractivity contribution >= 4 is 45.5 Å². The third kappa shape index (κ3) is 5.24. The number of carbonyl (C=O) groups is 1. The molecule has 1 amide bonds. The molecule has 140 valence electrons. The van der Waals surface area contributed by atoms with Crippen molar-refractivity contribution < 1.29 is 13.6 Å². The minimum absolute atomic E-state index is 0.0368. The second-order valence-corrected chi connectivity index (χ2v) is 7.96. The lowest BCUT2D eigenvalue weighted by molar-refractivity contribution is -0.113. The molecule has 3 rings (SSSR count). The normalized spacial score (nSPS) is 10.7. The maximum atomic E-state index is 13.5. The fourth-order valence-corrected chi connectivity index (χ4v) is 3.74. The fraction of sp³-hybridized carbons (Fsp3) is 0.167. The minimum atomic E-state index is -0.816. The smallest absolute Gasteiger partial charge is 0.234 e. The quantitative estimate of drug-likeness (QED) is 0.570. The number of halogens is 2. The van der Waals surface area contributed by atoms with E-state index >= 15 is 0 Å². The summed E-state index contributed by atoms with van der Waals surface area (Å²) in [6.45, 7) is 4.08. The molecule has 0 unspecified atom stereocenters. The second-order valence-electron chi connectivity index (χ2n) is 5.76. The highest BCUT2D eigenvalue weighted by molar-refractivity contribution is 8.01. The molecule has 0 aliphatic heterocycles. The number of rotatable bonds is 6. The molecule has 0 saturated heterocycles. The molecule has 27 heavy (non-hydrogen) atoms. The molecule has 1 aromatic heterocycles. The Balaban J connectivity index is 1.54. The Morgan fingerprint density at radius 2 is 1.93 bits per heavy atom. The first kappa shape index (κ1) is 19.2. The Labute approximate surface area is 163 Å². The van der Waals surface area contributed by atoms with Gasteiger partial charge in [-0.15, -0.1) is 10.2 Å². The number of benzene rings is 2. The van der Waals surface area contributed by atoms with Gasteiger partial charge in [-0.05, 0) is 49.2 Å². The summed E-state index contributed by atoms with van der Waals surface area (Å²) in [4.78, 5) is 11.9. The van der Waals surface area contributed by atoms with Crippen molar-refractivity contribution in [2.45, 2.75) is 18.2 Å². The molecule has 3 aromatic rings. The number of hydrogen-bond donors (Lipinski definition) is 2. The average molecular weight is 406 g/mol. The predicted molar refractivity (Wildman–Crippen MR) is 105 cm³/mol. The van der Waals surface area contributed by atoms with E-state index in [2.05, 4.69) is 20.8 Å². The zero-order chi connectivity index (χ0) is 19.4. The second kappa shape index (κ2) is 8.45. The Kier molecular flexibility index (Phi) is 6.02. The molecule has 0 aliphatic carbocycles. The van der Waals surface area contributed by atoms with Gasteiger partial charge < -0.3 is 10.6 Å². The molecule has 9 heteroatoms. The van der Waals surface area contributed by atoms with Crippen LogP contribution in [-0.4, -0.2) is 21.9 Å². The monoisotopic (exact) mass is 406 g/mol. The number of aromatic nitrogens is 2. The van der Waals surface area contributed by atoms with Crippen LogP contribution in [0.3, 0.4) is 0 Å². The maximum Gasteiger partial charge on any atom is 0.234 e. The van der Waals surface area contributed by atoms with Crippen LogP contribution in [-0.2, 0) is 4.79 Å². The van der Waals surface area contributed by atoms with Crippen LogP contribution < -0.4 is 10.6 Å². The van der Waals surface area contributed by atoms with E-state index in [0.29, 0.717) is 9.47 Å². The summed E-state index contributed by atoms with van der Waals surface area (Å²) in [6.07, 6.45) is 0. The summed E-state index contributed by atoms with van der Waals surface area (Å²) in [5, 5.41) is 14.3. The zero-order valence-corrected chi connectivity index (χ0v) is 16.2. The summed E-state index contributed by atoms with van der Waals surface area (Å²) in [6, 6.07) is 8.99. The van der Waals surface area contributed by atoms with Crippen LogP contribution in [0.2, 0.25) is 0 Å². The first-order chi connectivity index (χ1) is 12.9. The van der Waals surface area contributed by atoms with Crippen LogP contribution >= 0.6 is 23.1 Å². The van der Waals surface area contributed by atoms with Crippen LogP contribution in [0.25, 0.3) is 0 Å². The van der Waals surface area contributed by atoms with E-state index in [1.807, 2.05) is 32.0 Å². The topological polar surface area (TPSA) is 66.9 Å². The van der Waals surface area contributed by atoms with Crippen LogP contribution in [0.1, 0.15) is 11.1 Å². The molecule has 0 aliphatic rings. The Morgan fingerprint density at radius 1 is 1.11 bits per heavy atom. The van der Waals surface area contributed by atoms with Gasteiger partial charge in [0, 0.05) is 11.8 Å². The SMILES string of the molecule is Cc1ccc(Nc2nnc(SCC(=O)Nc3ccc(F)cc3F)s2)cc1C. The van der Waals surface area contributed by atoms with E-state index < -0.39 is 17.5 Å². The number of aryl methyl sites for hydroxylation is 2. The molecule has 0 radical (unpaired) electrons. The molecule has 0 saturated carbocycles. The number of anilines is 3. The van der Waals surface area contributed by atoms with Crippen LogP contribution in [0.5, 0.6) is 0 Å². The Bertz CT molecular complexity index is 978. The van der Waals surface area contributed by atoms with Gasteiger partial charge in [0.25, 0.3) is 0 Å². The lowest BCUT2D eigenvalue weighted by atomic mass is 10.1. The molecule has 0 fully saturated rings. The molecule has 0 spiro atoms. The van der Waals surface area contributed by atoms with Crippen molar-refractivity contribution in [3.05, 3.63) is 59.2 Å². The third-order valence-corrected chi connectivity index (χ3v) is 5.67. The summed E-state index contributed by atoms with van der Waals surface area (Å²) in [5.41, 5.74) is 3.23. The van der Waals surface area contributed by atoms with E-state index in [9.17, 15) is 13.6 Å². The first-order valence-electron chi connectivity index (χ1n) is 7.96. The molecular weight excluding hydrogens is 390 g/mol. The molecule has 5 nitrogen and oxygen atoms in total. The summed E-state index contributed by atoms with van der Waals surface area (Å²) in [5.74, 6) is -1.89. The molecule has 2 aromatic carbocycles. The summed E-state index contributed by atoms with van der Waals surface area (Å²) < 4.78 is 27.0. The van der Waals surface area contributed by atoms with Gasteiger partial charge >= 0.3 is 0 Å². The van der Waals surface area contributed by atoms with Crippen LogP contribution in [0.15, 0.2) is 40.7 Å². The van der Waals surface area contributed by atoms with Crippen molar-refractivity contribution in [2.24, 2.45) is 0 Å². The largest absolute Gasteiger partial charge is 0.330 e. The minimum Gasteiger partial charge on any atom is -0.330 e. The van der Waals surface area contributed by atoms with Gasteiger partial charge in [0.05, 0.1) is 11.4 Å². The van der Waals surface area contributed by atoms with Gasteiger partial charge in [-0.2, -0.15) is 0 Å². The molecular formula is C18H16F2N4OS2. The van der Waals surface area contributed by atoms with Gasteiger partial charge in [-0.25, -0.2) is 8.78 Å². The van der Waals surface area contributed by atoms with Crippen LogP contribution in [0.4, 0.5) is 25.3 Å². The zero-order valence-electron chi connectivity index (χ0n) is 14.5. The maximum absolute atomic E-state index is 13.5. The predicted octanol–water partition coefficient (Wildman–Crippen LogP) is 4.91. The van der Waals surface area contributed by atoms with E-state index in [-0.39, 0.29) is 11.4 Å². The van der Waals surface area contributed by atoms with E-state index in [0.717, 1.165) is 17.8 Å². The van der Waals surface area contributed by atoms with Crippen molar-refractivity contribution in [2.75, 3.05) is 16.4 Å². The summed E-state index contributed by atoms with van der Waals surface area (Å²) in [7, 11) is 0. The van der Waals surface area contributed by atoms with Crippen LogP contribution in [0, 0.1) is 25.5 Å². The number of hydrogen-bond acceptors (Lipinski definition) is 6. The Morgan fingerprint density at radius 3 is 2.67 bits per heavy atom. The standard InChI is InChI=1S/C18H16F2N4OS2/c1-10-3-5-13(7-11(10)2)21-17-23-24-18(27-17)26-9-16(25)22-15-6-4-12(19)8-14(15)20/h3-8H,9H2,1-2H3,(H,21,23)(H,22,25). The third-order valence-electron chi connectivity index (χ3n) is 3.70. The van der Waals surface area contributed by atoms with E-state index in [4.69, 9.17) is 0 Å². The highest BCUT2D eigenvalue weighted by atomic mass is 32.2. The highest BCUT2D eigenvalue weighted by Gasteiger charge is 2.11. The average Bonchev–Trinajstić information content (AvgIpc) is 3.06. The fourth-order valence-electron chi connectivity index (χ4n) is 2.17. The molecule has 1 heterocycles. The van der Waals surface area contributed by atoms with Gasteiger partial charge in [-0.3, -0.25) is 4.79 Å². The van der Waals surface area contributed by atoms with Crippen molar-refractivity contribution in [3.63, 3.8) is 0 Å². The number of carbonyl (C=O) groups excluding carboxylic acids is 1. The van der Waals surface area contributed by atoms with Gasteiger partial charge in [-0.1, -0.05) is 29.2 Å². The van der Waals surface area contributed by atoms with E-state index in [1.165, 1.54) is 40.3 Å². The van der Waals surface area contributed by atoms with Gasteiger partial charge in [0.15, 0.2) is 4.34 Å². The number of amides is 1. The van der Waals surface area contributed by atoms with Gasteiger partial charge in [0.2, 0.25) is 11.0 Å². The molecule has 0 atom stereocenters. The Hall–Kier alpha value is -2.52.